The van der Waals surface area contributed by atoms with Crippen molar-refractivity contribution < 1.29 is 14.3 Å². The van der Waals surface area contributed by atoms with Crippen molar-refractivity contribution in [1.29, 1.82) is 0 Å². The lowest BCUT2D eigenvalue weighted by Crippen LogP contribution is -2.52. The average molecular weight is 394 g/mol. The minimum atomic E-state index is -0.207. The Hall–Kier alpha value is -2.17. The Morgan fingerprint density at radius 1 is 1.10 bits per heavy atom. The number of rotatable bonds is 4. The predicted octanol–water partition coefficient (Wildman–Crippen LogP) is 4.93. The number of aryl methyl sites for hydroxylation is 1. The van der Waals surface area contributed by atoms with E-state index in [4.69, 9.17) is 9.47 Å². The molecule has 2 aromatic carbocycles. The fourth-order valence-electron chi connectivity index (χ4n) is 4.79. The number of likely N-dealkylation sites (tertiary alicyclic amines) is 1. The third-order valence-electron chi connectivity index (χ3n) is 6.38. The lowest BCUT2D eigenvalue weighted by molar-refractivity contribution is -0.190. The lowest BCUT2D eigenvalue weighted by Gasteiger charge is -2.49. The van der Waals surface area contributed by atoms with Gasteiger partial charge in [0.05, 0.1) is 17.8 Å². The van der Waals surface area contributed by atoms with Gasteiger partial charge in [-0.3, -0.25) is 4.79 Å². The van der Waals surface area contributed by atoms with Crippen LogP contribution in [0.25, 0.3) is 0 Å². The third kappa shape index (κ3) is 4.39. The second kappa shape index (κ2) is 8.68. The van der Waals surface area contributed by atoms with E-state index in [0.717, 1.165) is 56.5 Å². The Morgan fingerprint density at radius 2 is 1.79 bits per heavy atom. The first-order valence-corrected chi connectivity index (χ1v) is 10.8. The molecule has 0 aliphatic carbocycles. The van der Waals surface area contributed by atoms with Crippen LogP contribution in [0.5, 0.6) is 0 Å². The Morgan fingerprint density at radius 3 is 2.48 bits per heavy atom. The van der Waals surface area contributed by atoms with E-state index in [-0.39, 0.29) is 23.7 Å². The van der Waals surface area contributed by atoms with Gasteiger partial charge in [0.25, 0.3) is 5.91 Å². The van der Waals surface area contributed by atoms with E-state index in [9.17, 15) is 4.79 Å². The summed E-state index contributed by atoms with van der Waals surface area (Å²) in [5.41, 5.74) is 2.85. The second-order valence-electron chi connectivity index (χ2n) is 8.32. The molecule has 154 valence electrons. The van der Waals surface area contributed by atoms with Crippen molar-refractivity contribution in [3.05, 3.63) is 71.3 Å². The Labute approximate surface area is 173 Å². The van der Waals surface area contributed by atoms with Gasteiger partial charge in [0.15, 0.2) is 0 Å². The minimum Gasteiger partial charge on any atom is -0.378 e. The van der Waals surface area contributed by atoms with Crippen LogP contribution in [0.4, 0.5) is 0 Å². The van der Waals surface area contributed by atoms with Crippen molar-refractivity contribution >= 4 is 5.91 Å². The van der Waals surface area contributed by atoms with Crippen LogP contribution in [-0.2, 0) is 9.47 Å². The topological polar surface area (TPSA) is 38.8 Å². The van der Waals surface area contributed by atoms with Crippen molar-refractivity contribution in [3.63, 3.8) is 0 Å². The van der Waals surface area contributed by atoms with Gasteiger partial charge in [-0.1, -0.05) is 48.5 Å². The number of hydrogen-bond donors (Lipinski definition) is 0. The van der Waals surface area contributed by atoms with Crippen LogP contribution in [0.3, 0.4) is 0 Å². The molecule has 0 radical (unpaired) electrons. The molecule has 1 spiro atoms. The highest BCUT2D eigenvalue weighted by Gasteiger charge is 2.45. The maximum absolute atomic E-state index is 13.0. The molecule has 2 fully saturated rings. The van der Waals surface area contributed by atoms with Gasteiger partial charge >= 0.3 is 0 Å². The van der Waals surface area contributed by atoms with Gasteiger partial charge in [-0.2, -0.15) is 0 Å². The smallest absolute Gasteiger partial charge is 0.254 e. The van der Waals surface area contributed by atoms with Gasteiger partial charge in [0, 0.05) is 38.1 Å². The molecule has 1 amide bonds. The largest absolute Gasteiger partial charge is 0.378 e. The first-order valence-electron chi connectivity index (χ1n) is 10.8. The summed E-state index contributed by atoms with van der Waals surface area (Å²) < 4.78 is 12.8. The highest BCUT2D eigenvalue weighted by molar-refractivity contribution is 5.95. The first kappa shape index (κ1) is 20.1. The lowest BCUT2D eigenvalue weighted by atomic mass is 9.80. The number of nitrogens with zero attached hydrogens (tertiary/aromatic N) is 1. The number of carbonyl (C=O) groups is 1. The van der Waals surface area contributed by atoms with E-state index in [2.05, 4.69) is 31.2 Å². The fourth-order valence-corrected chi connectivity index (χ4v) is 4.79. The molecule has 2 atom stereocenters. The standard InChI is InChI=1S/C25H31NO3/c1-3-28-21-17-23(20-10-5-4-6-11-20)29-25(18-21)13-15-26(16-14-25)24(27)22-12-8-7-9-19(22)2/h4-12,21,23H,3,13-18H2,1-2H3. The minimum absolute atomic E-state index is 0.0557. The van der Waals surface area contributed by atoms with Crippen molar-refractivity contribution in [2.75, 3.05) is 19.7 Å². The molecule has 29 heavy (non-hydrogen) atoms. The van der Waals surface area contributed by atoms with Crippen molar-refractivity contribution in [3.8, 4) is 0 Å². The third-order valence-corrected chi connectivity index (χ3v) is 6.38. The van der Waals surface area contributed by atoms with Crippen LogP contribution in [-0.4, -0.2) is 42.2 Å². The molecule has 4 rings (SSSR count). The van der Waals surface area contributed by atoms with Gasteiger partial charge in [0.2, 0.25) is 0 Å². The van der Waals surface area contributed by atoms with Gasteiger partial charge in [-0.15, -0.1) is 0 Å². The summed E-state index contributed by atoms with van der Waals surface area (Å²) in [6.45, 7) is 6.24. The Balaban J connectivity index is 1.48. The van der Waals surface area contributed by atoms with E-state index in [1.54, 1.807) is 0 Å². The highest BCUT2D eigenvalue weighted by Crippen LogP contribution is 2.44. The van der Waals surface area contributed by atoms with Crippen molar-refractivity contribution in [1.82, 2.24) is 4.90 Å². The SMILES string of the molecule is CCOC1CC(c2ccccc2)OC2(CCN(C(=O)c3ccccc3C)CC2)C1. The number of carbonyl (C=O) groups excluding carboxylic acids is 1. The molecule has 2 aliphatic heterocycles. The van der Waals surface area contributed by atoms with Gasteiger partial charge < -0.3 is 14.4 Å². The van der Waals surface area contributed by atoms with Crippen LogP contribution in [0, 0.1) is 6.92 Å². The molecular formula is C25H31NO3. The number of piperidine rings is 1. The summed E-state index contributed by atoms with van der Waals surface area (Å²) in [6, 6.07) is 18.3. The zero-order valence-corrected chi connectivity index (χ0v) is 17.5. The molecular weight excluding hydrogens is 362 g/mol. The number of ether oxygens (including phenoxy) is 2. The van der Waals surface area contributed by atoms with Crippen LogP contribution < -0.4 is 0 Å². The average Bonchev–Trinajstić information content (AvgIpc) is 2.75. The first-order chi connectivity index (χ1) is 14.1. The summed E-state index contributed by atoms with van der Waals surface area (Å²) in [5.74, 6) is 0.134. The monoisotopic (exact) mass is 393 g/mol. The van der Waals surface area contributed by atoms with E-state index in [0.29, 0.717) is 0 Å². The van der Waals surface area contributed by atoms with Gasteiger partial charge in [-0.25, -0.2) is 0 Å². The zero-order valence-electron chi connectivity index (χ0n) is 17.5. The summed E-state index contributed by atoms with van der Waals surface area (Å²) in [5, 5.41) is 0. The maximum atomic E-state index is 13.0. The summed E-state index contributed by atoms with van der Waals surface area (Å²) in [4.78, 5) is 15.0. The van der Waals surface area contributed by atoms with Crippen LogP contribution in [0.15, 0.2) is 54.6 Å². The van der Waals surface area contributed by atoms with Gasteiger partial charge in [0.1, 0.15) is 0 Å². The molecule has 4 heteroatoms. The van der Waals surface area contributed by atoms with E-state index in [1.165, 1.54) is 5.56 Å². The zero-order chi connectivity index (χ0) is 20.3. The molecule has 0 bridgehead atoms. The van der Waals surface area contributed by atoms with E-state index < -0.39 is 0 Å². The highest BCUT2D eigenvalue weighted by atomic mass is 16.5. The molecule has 2 aliphatic rings. The Kier molecular flexibility index (Phi) is 6.02. The van der Waals surface area contributed by atoms with Crippen LogP contribution >= 0.6 is 0 Å². The van der Waals surface area contributed by atoms with Crippen molar-refractivity contribution in [2.24, 2.45) is 0 Å². The molecule has 0 N–H and O–H groups in total. The van der Waals surface area contributed by atoms with Crippen LogP contribution in [0.2, 0.25) is 0 Å². The summed E-state index contributed by atoms with van der Waals surface area (Å²) in [7, 11) is 0. The predicted molar refractivity (Wildman–Crippen MR) is 114 cm³/mol. The van der Waals surface area contributed by atoms with E-state index >= 15 is 0 Å². The molecule has 2 unspecified atom stereocenters. The van der Waals surface area contributed by atoms with E-state index in [1.807, 2.05) is 42.2 Å². The number of hydrogen-bond acceptors (Lipinski definition) is 3. The number of benzene rings is 2. The normalized spacial score (nSPS) is 23.9. The number of amides is 1. The van der Waals surface area contributed by atoms with Crippen molar-refractivity contribution in [2.45, 2.75) is 57.3 Å². The molecule has 0 aromatic heterocycles. The Bertz CT molecular complexity index is 827. The van der Waals surface area contributed by atoms with Crippen LogP contribution in [0.1, 0.15) is 60.2 Å². The second-order valence-corrected chi connectivity index (χ2v) is 8.32. The quantitative estimate of drug-likeness (QED) is 0.740. The molecule has 0 saturated carbocycles. The fraction of sp³-hybridized carbons (Fsp3) is 0.480. The summed E-state index contributed by atoms with van der Waals surface area (Å²) >= 11 is 0. The maximum Gasteiger partial charge on any atom is 0.254 e. The van der Waals surface area contributed by atoms with Gasteiger partial charge in [-0.05, 0) is 43.9 Å². The molecule has 2 saturated heterocycles. The molecule has 2 heterocycles. The molecule has 4 nitrogen and oxygen atoms in total. The summed E-state index contributed by atoms with van der Waals surface area (Å²) in [6.07, 6.45) is 3.79. The molecule has 2 aromatic rings.